The maximum Gasteiger partial charge on any atom is 0.263 e. The molecule has 2 amide bonds. The van der Waals surface area contributed by atoms with Crippen molar-refractivity contribution in [1.82, 2.24) is 9.80 Å². The van der Waals surface area contributed by atoms with Crippen LogP contribution in [0.3, 0.4) is 0 Å². The minimum absolute atomic E-state index is 0.0161. The van der Waals surface area contributed by atoms with Crippen molar-refractivity contribution < 1.29 is 14.3 Å². The van der Waals surface area contributed by atoms with Gasteiger partial charge in [-0.3, -0.25) is 9.59 Å². The van der Waals surface area contributed by atoms with Gasteiger partial charge in [-0.1, -0.05) is 50.2 Å². The molecule has 0 saturated heterocycles. The molecule has 2 unspecified atom stereocenters. The van der Waals surface area contributed by atoms with Crippen LogP contribution >= 0.6 is 0 Å². The Labute approximate surface area is 186 Å². The maximum atomic E-state index is 12.8. The van der Waals surface area contributed by atoms with Crippen molar-refractivity contribution in [3.05, 3.63) is 65.2 Å². The first-order valence-corrected chi connectivity index (χ1v) is 11.3. The van der Waals surface area contributed by atoms with E-state index in [1.165, 1.54) is 5.56 Å². The number of benzene rings is 2. The van der Waals surface area contributed by atoms with Crippen LogP contribution in [0.5, 0.6) is 5.75 Å². The fourth-order valence-corrected chi connectivity index (χ4v) is 4.09. The van der Waals surface area contributed by atoms with E-state index in [0.717, 1.165) is 17.5 Å². The summed E-state index contributed by atoms with van der Waals surface area (Å²) in [5.74, 6) is 0.798. The Hall–Kier alpha value is -2.82. The lowest BCUT2D eigenvalue weighted by Crippen LogP contribution is -2.43. The Morgan fingerprint density at radius 2 is 1.84 bits per heavy atom. The number of carbonyl (C=O) groups excluding carboxylic acids is 2. The summed E-state index contributed by atoms with van der Waals surface area (Å²) in [7, 11) is 1.81. The van der Waals surface area contributed by atoms with E-state index in [-0.39, 0.29) is 23.9 Å². The van der Waals surface area contributed by atoms with Crippen LogP contribution in [0.1, 0.15) is 63.3 Å². The van der Waals surface area contributed by atoms with Gasteiger partial charge in [0.05, 0.1) is 6.04 Å². The lowest BCUT2D eigenvalue weighted by molar-refractivity contribution is -0.139. The normalized spacial score (nSPS) is 16.6. The zero-order chi connectivity index (χ0) is 22.5. The molecule has 0 N–H and O–H groups in total. The highest BCUT2D eigenvalue weighted by molar-refractivity contribution is 5.81. The van der Waals surface area contributed by atoms with Gasteiger partial charge in [0.25, 0.3) is 5.91 Å². The lowest BCUT2D eigenvalue weighted by Gasteiger charge is -2.38. The van der Waals surface area contributed by atoms with E-state index in [1.54, 1.807) is 4.90 Å². The number of amides is 2. The van der Waals surface area contributed by atoms with Crippen LogP contribution in [0.25, 0.3) is 0 Å². The standard InChI is InChI=1S/C26H34N2O3/c1-6-23(26(30)27(5)18(3)4)31-21-14-13-19-15-16-28(24(29)7-2)25(22(19)17-21)20-11-9-8-10-12-20/h8-14,17-18,23,25H,6-7,15-16H2,1-5H3. The molecule has 0 saturated carbocycles. The molecule has 2 atom stereocenters. The molecule has 0 aliphatic carbocycles. The summed E-state index contributed by atoms with van der Waals surface area (Å²) in [6.45, 7) is 8.56. The summed E-state index contributed by atoms with van der Waals surface area (Å²) in [6, 6.07) is 16.2. The van der Waals surface area contributed by atoms with E-state index < -0.39 is 6.10 Å². The number of fused-ring (bicyclic) bond motifs is 1. The molecule has 2 aromatic rings. The average Bonchev–Trinajstić information content (AvgIpc) is 2.80. The summed E-state index contributed by atoms with van der Waals surface area (Å²) in [5, 5.41) is 0. The zero-order valence-corrected chi connectivity index (χ0v) is 19.3. The monoisotopic (exact) mass is 422 g/mol. The number of carbonyl (C=O) groups is 2. The van der Waals surface area contributed by atoms with Crippen LogP contribution in [0, 0.1) is 0 Å². The predicted octanol–water partition coefficient (Wildman–Crippen LogP) is 4.59. The van der Waals surface area contributed by atoms with E-state index in [9.17, 15) is 9.59 Å². The highest BCUT2D eigenvalue weighted by Gasteiger charge is 2.32. The molecule has 5 heteroatoms. The van der Waals surface area contributed by atoms with Gasteiger partial charge in [0.15, 0.2) is 6.10 Å². The summed E-state index contributed by atoms with van der Waals surface area (Å²) in [5.41, 5.74) is 3.39. The van der Waals surface area contributed by atoms with Crippen molar-refractivity contribution in [3.63, 3.8) is 0 Å². The molecule has 5 nitrogen and oxygen atoms in total. The SMILES string of the molecule is CCC(=O)N1CCc2ccc(OC(CC)C(=O)N(C)C(C)C)cc2C1c1ccccc1. The Morgan fingerprint density at radius 3 is 2.45 bits per heavy atom. The van der Waals surface area contributed by atoms with Gasteiger partial charge in [-0.2, -0.15) is 0 Å². The third kappa shape index (κ3) is 4.92. The minimum atomic E-state index is -0.530. The fourth-order valence-electron chi connectivity index (χ4n) is 4.09. The van der Waals surface area contributed by atoms with Crippen molar-refractivity contribution in [2.75, 3.05) is 13.6 Å². The molecule has 1 aliphatic heterocycles. The lowest BCUT2D eigenvalue weighted by atomic mass is 9.87. The third-order valence-corrected chi connectivity index (χ3v) is 6.13. The van der Waals surface area contributed by atoms with Crippen molar-refractivity contribution >= 4 is 11.8 Å². The van der Waals surface area contributed by atoms with E-state index in [0.29, 0.717) is 25.1 Å². The van der Waals surface area contributed by atoms with E-state index in [2.05, 4.69) is 18.2 Å². The van der Waals surface area contributed by atoms with Gasteiger partial charge in [-0.25, -0.2) is 0 Å². The van der Waals surface area contributed by atoms with E-state index in [4.69, 9.17) is 4.74 Å². The molecule has 1 aliphatic rings. The largest absolute Gasteiger partial charge is 0.481 e. The zero-order valence-electron chi connectivity index (χ0n) is 19.3. The molecule has 0 radical (unpaired) electrons. The maximum absolute atomic E-state index is 12.8. The topological polar surface area (TPSA) is 49.9 Å². The summed E-state index contributed by atoms with van der Waals surface area (Å²) in [6.07, 6.45) is 1.35. The molecular formula is C26H34N2O3. The Balaban J connectivity index is 1.96. The summed E-state index contributed by atoms with van der Waals surface area (Å²) >= 11 is 0. The third-order valence-electron chi connectivity index (χ3n) is 6.13. The Kier molecular flexibility index (Phi) is 7.37. The molecule has 0 spiro atoms. The van der Waals surface area contributed by atoms with Crippen molar-refractivity contribution in [2.24, 2.45) is 0 Å². The van der Waals surface area contributed by atoms with Crippen LogP contribution < -0.4 is 4.74 Å². The molecule has 0 fully saturated rings. The van der Waals surface area contributed by atoms with Gasteiger partial charge in [0, 0.05) is 26.1 Å². The molecule has 1 heterocycles. The number of nitrogens with zero attached hydrogens (tertiary/aromatic N) is 2. The van der Waals surface area contributed by atoms with Crippen molar-refractivity contribution in [2.45, 2.75) is 65.1 Å². The van der Waals surface area contributed by atoms with Crippen LogP contribution in [-0.2, 0) is 16.0 Å². The Bertz CT molecular complexity index is 910. The van der Waals surface area contributed by atoms with Crippen LogP contribution in [0.15, 0.2) is 48.5 Å². The number of hydrogen-bond donors (Lipinski definition) is 0. The Morgan fingerprint density at radius 1 is 1.13 bits per heavy atom. The molecule has 3 rings (SSSR count). The second kappa shape index (κ2) is 9.99. The van der Waals surface area contributed by atoms with Crippen molar-refractivity contribution in [3.8, 4) is 5.75 Å². The van der Waals surface area contributed by atoms with Gasteiger partial charge in [-0.05, 0) is 55.5 Å². The second-order valence-electron chi connectivity index (χ2n) is 8.42. The minimum Gasteiger partial charge on any atom is -0.481 e. The van der Waals surface area contributed by atoms with Gasteiger partial charge in [-0.15, -0.1) is 0 Å². The average molecular weight is 423 g/mol. The number of rotatable bonds is 7. The number of likely N-dealkylation sites (N-methyl/N-ethyl adjacent to an activating group) is 1. The smallest absolute Gasteiger partial charge is 0.263 e. The molecule has 0 bridgehead atoms. The summed E-state index contributed by atoms with van der Waals surface area (Å²) in [4.78, 5) is 29.3. The first kappa shape index (κ1) is 22.9. The van der Waals surface area contributed by atoms with E-state index >= 15 is 0 Å². The van der Waals surface area contributed by atoms with Gasteiger partial charge in [0.2, 0.25) is 5.91 Å². The molecular weight excluding hydrogens is 388 g/mol. The van der Waals surface area contributed by atoms with Gasteiger partial charge < -0.3 is 14.5 Å². The highest BCUT2D eigenvalue weighted by atomic mass is 16.5. The second-order valence-corrected chi connectivity index (χ2v) is 8.42. The molecule has 166 valence electrons. The molecule has 2 aromatic carbocycles. The van der Waals surface area contributed by atoms with Crippen LogP contribution in [0.2, 0.25) is 0 Å². The van der Waals surface area contributed by atoms with E-state index in [1.807, 2.05) is 70.0 Å². The predicted molar refractivity (Wildman–Crippen MR) is 123 cm³/mol. The fraction of sp³-hybridized carbons (Fsp3) is 0.462. The van der Waals surface area contributed by atoms with Crippen molar-refractivity contribution in [1.29, 1.82) is 0 Å². The van der Waals surface area contributed by atoms with Gasteiger partial charge >= 0.3 is 0 Å². The highest BCUT2D eigenvalue weighted by Crippen LogP contribution is 2.37. The van der Waals surface area contributed by atoms with Gasteiger partial charge in [0.1, 0.15) is 5.75 Å². The molecule has 0 aromatic heterocycles. The summed E-state index contributed by atoms with van der Waals surface area (Å²) < 4.78 is 6.17. The first-order chi connectivity index (χ1) is 14.9. The number of hydrogen-bond acceptors (Lipinski definition) is 3. The first-order valence-electron chi connectivity index (χ1n) is 11.3. The quantitative estimate of drug-likeness (QED) is 0.655. The van der Waals surface area contributed by atoms with Crippen LogP contribution in [-0.4, -0.2) is 47.4 Å². The van der Waals surface area contributed by atoms with Crippen LogP contribution in [0.4, 0.5) is 0 Å². The number of ether oxygens (including phenoxy) is 1. The molecule has 31 heavy (non-hydrogen) atoms.